The predicted octanol–water partition coefficient (Wildman–Crippen LogP) is 0.116. The van der Waals surface area contributed by atoms with E-state index in [-0.39, 0.29) is 29.4 Å². The molecule has 8 N–H and O–H groups in total. The van der Waals surface area contributed by atoms with Crippen molar-refractivity contribution in [2.45, 2.75) is 36.9 Å². The van der Waals surface area contributed by atoms with Crippen LogP contribution < -0.4 is 17.0 Å². The molecular formula is C18H22N9O8P2S2+. The van der Waals surface area contributed by atoms with Gasteiger partial charge in [0.2, 0.25) is 12.4 Å². The fourth-order valence-electron chi connectivity index (χ4n) is 4.18. The highest BCUT2D eigenvalue weighted by atomic mass is 32.7. The fourth-order valence-corrected chi connectivity index (χ4v) is 6.50. The third kappa shape index (κ3) is 5.43. The van der Waals surface area contributed by atoms with E-state index >= 15 is 0 Å². The van der Waals surface area contributed by atoms with Crippen LogP contribution in [0.4, 0.5) is 11.8 Å². The number of anilines is 2. The van der Waals surface area contributed by atoms with Gasteiger partial charge < -0.3 is 40.4 Å². The summed E-state index contributed by atoms with van der Waals surface area (Å²) < 4.78 is 31.3. The van der Waals surface area contributed by atoms with Gasteiger partial charge in [-0.15, -0.1) is 4.52 Å². The fraction of sp³-hybridized carbons (Fsp3) is 0.389. The molecule has 0 bridgehead atoms. The van der Waals surface area contributed by atoms with Crippen LogP contribution in [-0.2, 0) is 30.2 Å². The number of aromatic amines is 1. The standard InChI is InChI=1S/C18H21N9O8P2S2/c19-12-7-1-2-26(13(7)22-5-21-12)10-3-8(35-36(31)38)9(34-10)4-33-37(32,39)17(30)16(29)27-6-23-11-14(27)24-18(20)25-15(11)28/h1-2,5-6,8-10,16-17,29-30H,3-4H2,(H6-,19,20,21,22,24,25,28,31,32,38,39)/p+1. The zero-order valence-electron chi connectivity index (χ0n) is 19.6. The molecule has 7 atom stereocenters. The Balaban J connectivity index is 1.33. The third-order valence-electron chi connectivity index (χ3n) is 6.02. The molecule has 1 fully saturated rings. The van der Waals surface area contributed by atoms with Gasteiger partial charge in [-0.05, 0) is 22.4 Å². The smallest absolute Gasteiger partial charge is 0.383 e. The highest BCUT2D eigenvalue weighted by molar-refractivity contribution is 8.39. The van der Waals surface area contributed by atoms with Crippen LogP contribution in [0, 0.1) is 0 Å². The van der Waals surface area contributed by atoms with Crippen molar-refractivity contribution >= 4 is 71.7 Å². The molecule has 0 aliphatic carbocycles. The Morgan fingerprint density at radius 3 is 2.85 bits per heavy atom. The molecule has 1 aliphatic rings. The lowest BCUT2D eigenvalue weighted by atomic mass is 10.2. The van der Waals surface area contributed by atoms with Crippen LogP contribution in [0.25, 0.3) is 22.2 Å². The molecule has 0 radical (unpaired) electrons. The quantitative estimate of drug-likeness (QED) is 0.0971. The van der Waals surface area contributed by atoms with Crippen molar-refractivity contribution in [3.8, 4) is 0 Å². The lowest BCUT2D eigenvalue weighted by molar-refractivity contribution is -0.0377. The topological polar surface area (TPSA) is 252 Å². The number of ether oxygens (including phenoxy) is 1. The Labute approximate surface area is 229 Å². The maximum absolute atomic E-state index is 12.0. The van der Waals surface area contributed by atoms with E-state index in [4.69, 9.17) is 37.1 Å². The molecule has 0 aromatic carbocycles. The minimum atomic E-state index is -4.15. The SMILES string of the molecule is Nc1nc2c(ncn2C(O)C(O)P(O)(=S)OCC2OC(n3ccc4c(N)ncnc43)CC2O[P+](=O)S)c(=O)[nH]1. The second-order valence-corrected chi connectivity index (χ2v) is 13.6. The summed E-state index contributed by atoms with van der Waals surface area (Å²) >= 11 is 8.94. The molecule has 1 aliphatic heterocycles. The highest BCUT2D eigenvalue weighted by Crippen LogP contribution is 2.51. The number of thiol groups is 1. The number of hydrogen-bond acceptors (Lipinski definition) is 14. The van der Waals surface area contributed by atoms with Gasteiger partial charge in [0.25, 0.3) is 5.56 Å². The number of imidazole rings is 1. The van der Waals surface area contributed by atoms with Gasteiger partial charge in [-0.1, -0.05) is 0 Å². The van der Waals surface area contributed by atoms with Crippen LogP contribution in [-0.4, -0.2) is 73.8 Å². The summed E-state index contributed by atoms with van der Waals surface area (Å²) in [4.78, 5) is 41.0. The number of nitrogens with two attached hydrogens (primary N) is 2. The van der Waals surface area contributed by atoms with Crippen molar-refractivity contribution in [3.63, 3.8) is 0 Å². The van der Waals surface area contributed by atoms with E-state index in [1.807, 2.05) is 0 Å². The first kappa shape index (κ1) is 28.0. The number of nitrogen functional groups attached to an aromatic ring is 2. The van der Waals surface area contributed by atoms with E-state index in [9.17, 15) is 24.5 Å². The normalized spacial score (nSPS) is 23.2. The maximum atomic E-state index is 12.0. The molecule has 0 saturated carbocycles. The largest absolute Gasteiger partial charge is 0.582 e. The molecule has 7 unspecified atom stereocenters. The Hall–Kier alpha value is -2.57. The van der Waals surface area contributed by atoms with Gasteiger partial charge >= 0.3 is 7.23 Å². The van der Waals surface area contributed by atoms with Crippen LogP contribution in [0.15, 0.2) is 29.7 Å². The summed E-state index contributed by atoms with van der Waals surface area (Å²) in [5.74, 6) is -2.00. The van der Waals surface area contributed by atoms with Crippen LogP contribution in [0.5, 0.6) is 0 Å². The number of rotatable bonds is 9. The van der Waals surface area contributed by atoms with E-state index in [0.29, 0.717) is 11.0 Å². The highest BCUT2D eigenvalue weighted by Gasteiger charge is 2.44. The minimum absolute atomic E-state index is 0.144. The third-order valence-corrected chi connectivity index (χ3v) is 9.17. The van der Waals surface area contributed by atoms with Gasteiger partial charge in [-0.25, -0.2) is 15.0 Å². The van der Waals surface area contributed by atoms with Gasteiger partial charge in [-0.2, -0.15) is 4.98 Å². The van der Waals surface area contributed by atoms with E-state index in [1.165, 1.54) is 6.33 Å². The van der Waals surface area contributed by atoms with Crippen molar-refractivity contribution in [1.29, 1.82) is 0 Å². The molecule has 4 aromatic rings. The molecule has 0 spiro atoms. The summed E-state index contributed by atoms with van der Waals surface area (Å²) in [7, 11) is -2.33. The summed E-state index contributed by atoms with van der Waals surface area (Å²) in [5, 5.41) is 22.0. The zero-order chi connectivity index (χ0) is 28.1. The Morgan fingerprint density at radius 1 is 1.33 bits per heavy atom. The number of hydrogen-bond donors (Lipinski definition) is 7. The molecule has 0 amide bonds. The second-order valence-electron chi connectivity index (χ2n) is 8.43. The summed E-state index contributed by atoms with van der Waals surface area (Å²) in [6.07, 6.45) is -0.0347. The van der Waals surface area contributed by atoms with Gasteiger partial charge in [-0.3, -0.25) is 14.3 Å². The maximum Gasteiger partial charge on any atom is 0.582 e. The van der Waals surface area contributed by atoms with Crippen LogP contribution in [0.3, 0.4) is 0 Å². The molecule has 5 heterocycles. The minimum Gasteiger partial charge on any atom is -0.383 e. The number of nitrogens with one attached hydrogen (secondary N) is 1. The van der Waals surface area contributed by atoms with Crippen LogP contribution in [0.2, 0.25) is 0 Å². The summed E-state index contributed by atoms with van der Waals surface area (Å²) in [6.45, 7) is -4.55. The van der Waals surface area contributed by atoms with Crippen molar-refractivity contribution in [2.24, 2.45) is 0 Å². The zero-order valence-corrected chi connectivity index (χ0v) is 23.1. The predicted molar refractivity (Wildman–Crippen MR) is 144 cm³/mol. The molecule has 17 nitrogen and oxygen atoms in total. The molecule has 39 heavy (non-hydrogen) atoms. The van der Waals surface area contributed by atoms with Gasteiger partial charge in [0.05, 0.1) is 18.3 Å². The van der Waals surface area contributed by atoms with E-state index in [1.54, 1.807) is 16.8 Å². The lowest BCUT2D eigenvalue weighted by Crippen LogP contribution is -2.30. The first-order valence-electron chi connectivity index (χ1n) is 11.1. The molecule has 4 aromatic heterocycles. The Morgan fingerprint density at radius 2 is 2.10 bits per heavy atom. The van der Waals surface area contributed by atoms with Crippen molar-refractivity contribution in [3.05, 3.63) is 35.3 Å². The number of H-pyrrole nitrogens is 1. The summed E-state index contributed by atoms with van der Waals surface area (Å²) in [5.41, 5.74) is 11.0. The monoisotopic (exact) mass is 618 g/mol. The Kier molecular flexibility index (Phi) is 7.73. The average molecular weight is 619 g/mol. The Bertz CT molecular complexity index is 1660. The van der Waals surface area contributed by atoms with E-state index in [0.717, 1.165) is 10.9 Å². The molecule has 21 heteroatoms. The van der Waals surface area contributed by atoms with Crippen LogP contribution >= 0.6 is 26.0 Å². The average Bonchev–Trinajstić information content (AvgIpc) is 3.59. The lowest BCUT2D eigenvalue weighted by Gasteiger charge is -2.27. The van der Waals surface area contributed by atoms with Crippen molar-refractivity contribution in [1.82, 2.24) is 34.1 Å². The van der Waals surface area contributed by atoms with E-state index < -0.39 is 56.4 Å². The van der Waals surface area contributed by atoms with Gasteiger partial charge in [0.1, 0.15) is 48.5 Å². The number of nitrogens with zero attached hydrogens (tertiary/aromatic N) is 6. The first-order chi connectivity index (χ1) is 18.5. The second kappa shape index (κ2) is 10.8. The molecule has 1 saturated heterocycles. The number of aliphatic hydroxyl groups excluding tert-OH is 2. The van der Waals surface area contributed by atoms with Crippen LogP contribution in [0.1, 0.15) is 18.9 Å². The van der Waals surface area contributed by atoms with E-state index in [2.05, 4.69) is 37.2 Å². The number of fused-ring (bicyclic) bond motifs is 2. The molecule has 5 rings (SSSR count). The molecule has 208 valence electrons. The van der Waals surface area contributed by atoms with Gasteiger partial charge in [0.15, 0.2) is 23.2 Å². The first-order valence-corrected chi connectivity index (χ1v) is 16.1. The summed E-state index contributed by atoms with van der Waals surface area (Å²) in [6, 6.07) is 1.72. The number of aliphatic hydroxyl groups is 2. The van der Waals surface area contributed by atoms with Crippen molar-refractivity contribution < 1.29 is 33.5 Å². The van der Waals surface area contributed by atoms with Crippen molar-refractivity contribution in [2.75, 3.05) is 18.1 Å². The molecular weight excluding hydrogens is 596 g/mol. The number of aromatic nitrogens is 7. The van der Waals surface area contributed by atoms with Gasteiger partial charge in [0, 0.05) is 12.6 Å².